The molecule has 0 aromatic rings. The van der Waals surface area contributed by atoms with Gasteiger partial charge in [0.2, 0.25) is 0 Å². The van der Waals surface area contributed by atoms with Crippen LogP contribution >= 0.6 is 0 Å². The van der Waals surface area contributed by atoms with Gasteiger partial charge in [-0.25, -0.2) is 8.78 Å². The molecule has 0 aliphatic carbocycles. The van der Waals surface area contributed by atoms with E-state index in [1.54, 1.807) is 0 Å². The van der Waals surface area contributed by atoms with E-state index in [0.29, 0.717) is 0 Å². The molecule has 0 fully saturated rings. The minimum Gasteiger partial charge on any atom is -0.480 e. The second-order valence-electron chi connectivity index (χ2n) is 2.66. The summed E-state index contributed by atoms with van der Waals surface area (Å²) in [6.45, 7) is 1.18. The molecule has 6 heteroatoms. The minimum atomic E-state index is -3.38. The van der Waals surface area contributed by atoms with Crippen LogP contribution in [-0.4, -0.2) is 41.3 Å². The summed E-state index contributed by atoms with van der Waals surface area (Å²) in [5, 5.41) is 19.6. The van der Waals surface area contributed by atoms with Crippen molar-refractivity contribution in [1.82, 2.24) is 5.32 Å². The number of carboxylic acids is 1. The first-order valence-corrected chi connectivity index (χ1v) is 3.82. The van der Waals surface area contributed by atoms with Gasteiger partial charge in [0.05, 0.1) is 0 Å². The molecule has 0 radical (unpaired) electrons. The Bertz CT molecular complexity index is 187. The van der Waals surface area contributed by atoms with Gasteiger partial charge in [-0.05, 0) is 7.05 Å². The van der Waals surface area contributed by atoms with Gasteiger partial charge in [-0.15, -0.1) is 0 Å². The number of nitrogens with one attached hydrogen (secondary N) is 1. The monoisotopic (exact) mass is 197 g/mol. The average Bonchev–Trinajstić information content (AvgIpc) is 2.05. The van der Waals surface area contributed by atoms with E-state index in [1.165, 1.54) is 14.0 Å². The summed E-state index contributed by atoms with van der Waals surface area (Å²) in [5.74, 6) is -4.88. The first-order valence-electron chi connectivity index (χ1n) is 3.82. The molecule has 0 aliphatic rings. The molecule has 13 heavy (non-hydrogen) atoms. The van der Waals surface area contributed by atoms with Crippen molar-refractivity contribution in [1.29, 1.82) is 0 Å². The van der Waals surface area contributed by atoms with Crippen molar-refractivity contribution >= 4 is 5.97 Å². The van der Waals surface area contributed by atoms with Crippen molar-refractivity contribution in [3.63, 3.8) is 0 Å². The summed E-state index contributed by atoms with van der Waals surface area (Å²) in [6, 6.07) is -1.64. The van der Waals surface area contributed by atoms with Crippen LogP contribution in [0.4, 0.5) is 8.78 Å². The van der Waals surface area contributed by atoms with Crippen LogP contribution in [0.5, 0.6) is 0 Å². The number of carbonyl (C=O) groups is 1. The molecule has 0 heterocycles. The van der Waals surface area contributed by atoms with Crippen molar-refractivity contribution in [2.75, 3.05) is 7.05 Å². The fourth-order valence-electron chi connectivity index (χ4n) is 0.869. The van der Waals surface area contributed by atoms with Crippen LogP contribution in [0.3, 0.4) is 0 Å². The first kappa shape index (κ1) is 12.2. The number of aliphatic hydroxyl groups excluding tert-OH is 1. The highest BCUT2D eigenvalue weighted by Crippen LogP contribution is 2.24. The zero-order valence-electron chi connectivity index (χ0n) is 7.42. The second kappa shape index (κ2) is 4.48. The van der Waals surface area contributed by atoms with Gasteiger partial charge in [-0.1, -0.05) is 6.92 Å². The highest BCUT2D eigenvalue weighted by molar-refractivity contribution is 5.74. The normalized spacial score (nSPS) is 16.7. The predicted molar refractivity (Wildman–Crippen MR) is 41.7 cm³/mol. The number of aliphatic carboxylic acids is 1. The average molecular weight is 197 g/mol. The standard InChI is InChI=1S/C7H13F2NO3/c1-3-7(8,9)5(11)4(10-2)6(12)13/h4-5,10-11H,3H2,1-2H3,(H,12,13). The molecule has 78 valence electrons. The summed E-state index contributed by atoms with van der Waals surface area (Å²) in [6.07, 6.45) is -2.81. The second-order valence-corrected chi connectivity index (χ2v) is 2.66. The molecule has 3 N–H and O–H groups in total. The van der Waals surface area contributed by atoms with Gasteiger partial charge in [0, 0.05) is 6.42 Å². The molecule has 2 unspecified atom stereocenters. The summed E-state index contributed by atoms with van der Waals surface area (Å²) in [7, 11) is 1.20. The number of rotatable bonds is 5. The lowest BCUT2D eigenvalue weighted by atomic mass is 10.0. The highest BCUT2D eigenvalue weighted by atomic mass is 19.3. The van der Waals surface area contributed by atoms with E-state index in [9.17, 15) is 13.6 Å². The van der Waals surface area contributed by atoms with Crippen LogP contribution in [-0.2, 0) is 4.79 Å². The van der Waals surface area contributed by atoms with Crippen LogP contribution in [0.15, 0.2) is 0 Å². The molecule has 0 saturated heterocycles. The molecule has 0 rings (SSSR count). The Morgan fingerprint density at radius 3 is 2.31 bits per heavy atom. The Labute approximate surface area is 74.6 Å². The molecule has 4 nitrogen and oxygen atoms in total. The number of hydrogen-bond acceptors (Lipinski definition) is 3. The molecule has 0 aromatic carbocycles. The van der Waals surface area contributed by atoms with Crippen molar-refractivity contribution in [2.24, 2.45) is 0 Å². The molecular weight excluding hydrogens is 184 g/mol. The predicted octanol–water partition coefficient (Wildman–Crippen LogP) is 0.0652. The molecular formula is C7H13F2NO3. The van der Waals surface area contributed by atoms with E-state index in [0.717, 1.165) is 0 Å². The SMILES string of the molecule is CCC(F)(F)C(O)C(NC)C(=O)O. The Morgan fingerprint density at radius 1 is 1.62 bits per heavy atom. The third kappa shape index (κ3) is 2.89. The van der Waals surface area contributed by atoms with E-state index >= 15 is 0 Å². The molecule has 0 spiro atoms. The van der Waals surface area contributed by atoms with Gasteiger partial charge in [0.1, 0.15) is 12.1 Å². The maximum atomic E-state index is 12.8. The molecule has 0 aliphatic heterocycles. The van der Waals surface area contributed by atoms with Gasteiger partial charge in [0.25, 0.3) is 5.92 Å². The van der Waals surface area contributed by atoms with Crippen molar-refractivity contribution in [3.05, 3.63) is 0 Å². The van der Waals surface area contributed by atoms with Gasteiger partial charge < -0.3 is 15.5 Å². The molecule has 0 aromatic heterocycles. The lowest BCUT2D eigenvalue weighted by molar-refractivity contribution is -0.158. The fourth-order valence-corrected chi connectivity index (χ4v) is 0.869. The van der Waals surface area contributed by atoms with Crippen molar-refractivity contribution < 1.29 is 23.8 Å². The number of hydrogen-bond donors (Lipinski definition) is 3. The lowest BCUT2D eigenvalue weighted by Crippen LogP contribution is -2.52. The van der Waals surface area contributed by atoms with Gasteiger partial charge >= 0.3 is 5.97 Å². The summed E-state index contributed by atoms with van der Waals surface area (Å²) >= 11 is 0. The molecule has 0 saturated carbocycles. The van der Waals surface area contributed by atoms with Crippen LogP contribution < -0.4 is 5.32 Å². The van der Waals surface area contributed by atoms with Crippen LogP contribution in [0.2, 0.25) is 0 Å². The van der Waals surface area contributed by atoms with E-state index in [2.05, 4.69) is 5.32 Å². The van der Waals surface area contributed by atoms with E-state index < -0.39 is 30.5 Å². The lowest BCUT2D eigenvalue weighted by Gasteiger charge is -2.25. The number of aliphatic hydroxyl groups is 1. The van der Waals surface area contributed by atoms with Gasteiger partial charge in [-0.3, -0.25) is 4.79 Å². The number of carboxylic acid groups (broad SMARTS) is 1. The first-order chi connectivity index (χ1) is 5.86. The third-order valence-corrected chi connectivity index (χ3v) is 1.80. The smallest absolute Gasteiger partial charge is 0.323 e. The van der Waals surface area contributed by atoms with E-state index in [-0.39, 0.29) is 0 Å². The van der Waals surface area contributed by atoms with Crippen LogP contribution in [0.25, 0.3) is 0 Å². The number of halogens is 2. The third-order valence-electron chi connectivity index (χ3n) is 1.80. The quantitative estimate of drug-likeness (QED) is 0.583. The molecule has 2 atom stereocenters. The molecule has 0 bridgehead atoms. The zero-order valence-corrected chi connectivity index (χ0v) is 7.42. The maximum Gasteiger partial charge on any atom is 0.323 e. The van der Waals surface area contributed by atoms with Gasteiger partial charge in [0.15, 0.2) is 0 Å². The van der Waals surface area contributed by atoms with Crippen LogP contribution in [0.1, 0.15) is 13.3 Å². The van der Waals surface area contributed by atoms with E-state index in [4.69, 9.17) is 10.2 Å². The number of likely N-dealkylation sites (N-methyl/N-ethyl adjacent to an activating group) is 1. The highest BCUT2D eigenvalue weighted by Gasteiger charge is 2.43. The molecule has 0 amide bonds. The minimum absolute atomic E-state index is 0.598. The largest absolute Gasteiger partial charge is 0.480 e. The van der Waals surface area contributed by atoms with Gasteiger partial charge in [-0.2, -0.15) is 0 Å². The summed E-state index contributed by atoms with van der Waals surface area (Å²) in [5.41, 5.74) is 0. The Morgan fingerprint density at radius 2 is 2.08 bits per heavy atom. The van der Waals surface area contributed by atoms with Crippen molar-refractivity contribution in [3.8, 4) is 0 Å². The van der Waals surface area contributed by atoms with E-state index in [1.807, 2.05) is 0 Å². The Kier molecular flexibility index (Phi) is 4.22. The maximum absolute atomic E-state index is 12.8. The van der Waals surface area contributed by atoms with Crippen LogP contribution in [0, 0.1) is 0 Å². The number of alkyl halides is 2. The summed E-state index contributed by atoms with van der Waals surface area (Å²) < 4.78 is 25.6. The zero-order chi connectivity index (χ0) is 10.6. The summed E-state index contributed by atoms with van der Waals surface area (Å²) in [4.78, 5) is 10.4. The Hall–Kier alpha value is -0.750. The fraction of sp³-hybridized carbons (Fsp3) is 0.857. The Balaban J connectivity index is 4.54. The van der Waals surface area contributed by atoms with Crippen molar-refractivity contribution in [2.45, 2.75) is 31.4 Å². The topological polar surface area (TPSA) is 69.6 Å².